The van der Waals surface area contributed by atoms with Crippen LogP contribution in [-0.4, -0.2) is 30.6 Å². The molecule has 0 bridgehead atoms. The highest BCUT2D eigenvalue weighted by Gasteiger charge is 2.50. The van der Waals surface area contributed by atoms with Crippen LogP contribution in [0.2, 0.25) is 0 Å². The molecule has 2 rings (SSSR count). The number of hydrogen-bond donors (Lipinski definition) is 3. The highest BCUT2D eigenvalue weighted by molar-refractivity contribution is 6.07. The number of rotatable bonds is 2. The lowest BCUT2D eigenvalue weighted by Gasteiger charge is -2.36. The molecule has 0 aliphatic carbocycles. The molecule has 5 heteroatoms. The summed E-state index contributed by atoms with van der Waals surface area (Å²) in [5, 5.41) is 8.42. The SMILES string of the molecule is CC[C@@]1(C2CCNCC2)NC(=O)NC1=O. The number of urea groups is 1. The monoisotopic (exact) mass is 211 g/mol. The minimum Gasteiger partial charge on any atom is -0.323 e. The number of piperidine rings is 1. The molecule has 2 aliphatic heterocycles. The van der Waals surface area contributed by atoms with Crippen LogP contribution in [0, 0.1) is 5.92 Å². The minimum atomic E-state index is -0.654. The summed E-state index contributed by atoms with van der Waals surface area (Å²) in [5.41, 5.74) is -0.654. The Morgan fingerprint density at radius 1 is 1.33 bits per heavy atom. The summed E-state index contributed by atoms with van der Waals surface area (Å²) >= 11 is 0. The molecular weight excluding hydrogens is 194 g/mol. The van der Waals surface area contributed by atoms with Gasteiger partial charge in [-0.1, -0.05) is 6.92 Å². The first-order chi connectivity index (χ1) is 7.19. The minimum absolute atomic E-state index is 0.151. The molecule has 2 saturated heterocycles. The molecule has 0 radical (unpaired) electrons. The van der Waals surface area contributed by atoms with E-state index in [1.54, 1.807) is 0 Å². The second kappa shape index (κ2) is 3.81. The van der Waals surface area contributed by atoms with Crippen molar-refractivity contribution in [3.63, 3.8) is 0 Å². The summed E-state index contributed by atoms with van der Waals surface area (Å²) in [6.45, 7) is 3.80. The van der Waals surface area contributed by atoms with Gasteiger partial charge in [0, 0.05) is 0 Å². The zero-order valence-electron chi connectivity index (χ0n) is 8.93. The Bertz CT molecular complexity index is 286. The summed E-state index contributed by atoms with van der Waals surface area (Å²) in [4.78, 5) is 23.0. The van der Waals surface area contributed by atoms with Crippen LogP contribution in [0.25, 0.3) is 0 Å². The first-order valence-corrected chi connectivity index (χ1v) is 5.53. The van der Waals surface area contributed by atoms with Crippen molar-refractivity contribution in [3.8, 4) is 0 Å². The van der Waals surface area contributed by atoms with E-state index in [-0.39, 0.29) is 17.9 Å². The van der Waals surface area contributed by atoms with E-state index in [0.717, 1.165) is 25.9 Å². The van der Waals surface area contributed by atoms with E-state index in [1.165, 1.54) is 0 Å². The zero-order chi connectivity index (χ0) is 10.9. The first kappa shape index (κ1) is 10.4. The Labute approximate surface area is 89.0 Å². The Hall–Kier alpha value is -1.10. The van der Waals surface area contributed by atoms with Crippen LogP contribution in [0.1, 0.15) is 26.2 Å². The van der Waals surface area contributed by atoms with Gasteiger partial charge in [0.2, 0.25) is 0 Å². The molecule has 15 heavy (non-hydrogen) atoms. The fourth-order valence-electron chi connectivity index (χ4n) is 2.65. The van der Waals surface area contributed by atoms with Gasteiger partial charge in [0.25, 0.3) is 5.91 Å². The molecule has 0 aromatic heterocycles. The lowest BCUT2D eigenvalue weighted by atomic mass is 9.76. The van der Waals surface area contributed by atoms with E-state index >= 15 is 0 Å². The summed E-state index contributed by atoms with van der Waals surface area (Å²) in [6.07, 6.45) is 2.55. The van der Waals surface area contributed by atoms with Crippen molar-refractivity contribution in [2.75, 3.05) is 13.1 Å². The average molecular weight is 211 g/mol. The molecule has 0 aromatic rings. The van der Waals surface area contributed by atoms with Crippen LogP contribution in [0.5, 0.6) is 0 Å². The van der Waals surface area contributed by atoms with Gasteiger partial charge in [0.15, 0.2) is 0 Å². The quantitative estimate of drug-likeness (QED) is 0.562. The third-order valence-corrected chi connectivity index (χ3v) is 3.56. The number of carbonyl (C=O) groups excluding carboxylic acids is 2. The van der Waals surface area contributed by atoms with Crippen LogP contribution in [0.15, 0.2) is 0 Å². The molecule has 0 unspecified atom stereocenters. The normalized spacial score (nSPS) is 32.6. The van der Waals surface area contributed by atoms with Crippen molar-refractivity contribution in [2.45, 2.75) is 31.7 Å². The maximum atomic E-state index is 11.8. The highest BCUT2D eigenvalue weighted by atomic mass is 16.2. The lowest BCUT2D eigenvalue weighted by molar-refractivity contribution is -0.126. The molecular formula is C10H17N3O2. The van der Waals surface area contributed by atoms with Crippen LogP contribution < -0.4 is 16.0 Å². The van der Waals surface area contributed by atoms with Gasteiger partial charge in [0.1, 0.15) is 5.54 Å². The average Bonchev–Trinajstić information content (AvgIpc) is 2.56. The first-order valence-electron chi connectivity index (χ1n) is 5.53. The summed E-state index contributed by atoms with van der Waals surface area (Å²) < 4.78 is 0. The Morgan fingerprint density at radius 2 is 2.00 bits per heavy atom. The van der Waals surface area contributed by atoms with Gasteiger partial charge in [-0.05, 0) is 38.3 Å². The third-order valence-electron chi connectivity index (χ3n) is 3.56. The predicted molar refractivity (Wildman–Crippen MR) is 55.3 cm³/mol. The summed E-state index contributed by atoms with van der Waals surface area (Å²) in [6, 6.07) is -0.347. The van der Waals surface area contributed by atoms with Gasteiger partial charge in [-0.3, -0.25) is 10.1 Å². The largest absolute Gasteiger partial charge is 0.323 e. The molecule has 2 heterocycles. The number of amides is 3. The van der Waals surface area contributed by atoms with E-state index < -0.39 is 5.54 Å². The van der Waals surface area contributed by atoms with Gasteiger partial charge < -0.3 is 10.6 Å². The van der Waals surface area contributed by atoms with Crippen molar-refractivity contribution in [1.82, 2.24) is 16.0 Å². The molecule has 0 saturated carbocycles. The van der Waals surface area contributed by atoms with Crippen LogP contribution in [0.3, 0.4) is 0 Å². The third kappa shape index (κ3) is 1.61. The molecule has 3 amide bonds. The van der Waals surface area contributed by atoms with Gasteiger partial charge >= 0.3 is 6.03 Å². The van der Waals surface area contributed by atoms with Crippen molar-refractivity contribution in [1.29, 1.82) is 0 Å². The van der Waals surface area contributed by atoms with Gasteiger partial charge in [-0.25, -0.2) is 4.79 Å². The number of imide groups is 1. The fraction of sp³-hybridized carbons (Fsp3) is 0.800. The molecule has 1 atom stereocenters. The van der Waals surface area contributed by atoms with Crippen molar-refractivity contribution in [2.24, 2.45) is 5.92 Å². The van der Waals surface area contributed by atoms with Crippen LogP contribution in [-0.2, 0) is 4.79 Å². The van der Waals surface area contributed by atoms with Gasteiger partial charge in [-0.2, -0.15) is 0 Å². The Morgan fingerprint density at radius 3 is 2.47 bits per heavy atom. The summed E-state index contributed by atoms with van der Waals surface area (Å²) in [7, 11) is 0. The van der Waals surface area contributed by atoms with Crippen LogP contribution in [0.4, 0.5) is 4.79 Å². The topological polar surface area (TPSA) is 70.2 Å². The number of carbonyl (C=O) groups is 2. The van der Waals surface area contributed by atoms with Crippen molar-refractivity contribution >= 4 is 11.9 Å². The second-order valence-corrected chi connectivity index (χ2v) is 4.26. The Kier molecular flexibility index (Phi) is 2.65. The fourth-order valence-corrected chi connectivity index (χ4v) is 2.65. The van der Waals surface area contributed by atoms with E-state index in [2.05, 4.69) is 16.0 Å². The van der Waals surface area contributed by atoms with E-state index in [4.69, 9.17) is 0 Å². The van der Waals surface area contributed by atoms with Gasteiger partial charge in [0.05, 0.1) is 0 Å². The molecule has 3 N–H and O–H groups in total. The molecule has 0 aromatic carbocycles. The molecule has 0 spiro atoms. The smallest absolute Gasteiger partial charge is 0.322 e. The highest BCUT2D eigenvalue weighted by Crippen LogP contribution is 2.31. The standard InChI is InChI=1S/C10H17N3O2/c1-2-10(7-3-5-11-6-4-7)8(14)12-9(15)13-10/h7,11H,2-6H2,1H3,(H2,12,13,14,15)/t10-/m0/s1. The summed E-state index contributed by atoms with van der Waals surface area (Å²) in [5.74, 6) is 0.108. The maximum Gasteiger partial charge on any atom is 0.322 e. The van der Waals surface area contributed by atoms with Crippen molar-refractivity contribution in [3.05, 3.63) is 0 Å². The van der Waals surface area contributed by atoms with Crippen LogP contribution >= 0.6 is 0 Å². The number of nitrogens with one attached hydrogen (secondary N) is 3. The number of hydrogen-bond acceptors (Lipinski definition) is 3. The molecule has 5 nitrogen and oxygen atoms in total. The molecule has 2 fully saturated rings. The predicted octanol–water partition coefficient (Wildman–Crippen LogP) is -0.0258. The maximum absolute atomic E-state index is 11.8. The lowest BCUT2D eigenvalue weighted by Crippen LogP contribution is -2.55. The Balaban J connectivity index is 2.20. The molecule has 2 aliphatic rings. The second-order valence-electron chi connectivity index (χ2n) is 4.26. The van der Waals surface area contributed by atoms with E-state index in [9.17, 15) is 9.59 Å². The van der Waals surface area contributed by atoms with Crippen molar-refractivity contribution < 1.29 is 9.59 Å². The van der Waals surface area contributed by atoms with Gasteiger partial charge in [-0.15, -0.1) is 0 Å². The zero-order valence-corrected chi connectivity index (χ0v) is 8.93. The van der Waals surface area contributed by atoms with E-state index in [1.807, 2.05) is 6.92 Å². The molecule has 84 valence electrons. The van der Waals surface area contributed by atoms with E-state index in [0.29, 0.717) is 6.42 Å².